The Labute approximate surface area is 116 Å². The third-order valence-corrected chi connectivity index (χ3v) is 3.17. The number of benzene rings is 2. The largest absolute Gasteiger partial charge is 0.310 e. The van der Waals surface area contributed by atoms with E-state index in [9.17, 15) is 13.2 Å². The lowest BCUT2D eigenvalue weighted by Crippen LogP contribution is -2.24. The Hall–Kier alpha value is -1.81. The fraction of sp³-hybridized carbons (Fsp3) is 0.250. The average Bonchev–Trinajstić information content (AvgIpc) is 2.43. The Kier molecular flexibility index (Phi) is 4.79. The molecule has 1 unspecified atom stereocenters. The minimum atomic E-state index is -0.502. The Morgan fingerprint density at radius 2 is 1.75 bits per heavy atom. The van der Waals surface area contributed by atoms with Crippen LogP contribution in [0.3, 0.4) is 0 Å². The van der Waals surface area contributed by atoms with Crippen molar-refractivity contribution >= 4 is 0 Å². The third-order valence-electron chi connectivity index (χ3n) is 3.17. The Morgan fingerprint density at radius 1 is 1.00 bits per heavy atom. The molecule has 0 aromatic heterocycles. The molecule has 20 heavy (non-hydrogen) atoms. The lowest BCUT2D eigenvalue weighted by molar-refractivity contribution is 0.492. The second kappa shape index (κ2) is 6.57. The van der Waals surface area contributed by atoms with Crippen LogP contribution in [-0.2, 0) is 6.42 Å². The highest BCUT2D eigenvalue weighted by Crippen LogP contribution is 2.23. The van der Waals surface area contributed by atoms with E-state index < -0.39 is 17.7 Å². The van der Waals surface area contributed by atoms with Gasteiger partial charge in [-0.15, -0.1) is 0 Å². The van der Waals surface area contributed by atoms with Crippen molar-refractivity contribution in [2.45, 2.75) is 19.4 Å². The zero-order chi connectivity index (χ0) is 14.5. The van der Waals surface area contributed by atoms with Gasteiger partial charge in [0.1, 0.15) is 17.5 Å². The molecule has 0 radical (unpaired) electrons. The second-order valence-corrected chi connectivity index (χ2v) is 4.57. The predicted molar refractivity (Wildman–Crippen MR) is 72.9 cm³/mol. The summed E-state index contributed by atoms with van der Waals surface area (Å²) < 4.78 is 40.8. The molecule has 0 saturated carbocycles. The molecule has 0 aliphatic heterocycles. The minimum Gasteiger partial charge on any atom is -0.310 e. The van der Waals surface area contributed by atoms with Crippen molar-refractivity contribution in [2.24, 2.45) is 0 Å². The molecule has 1 nitrogen and oxygen atoms in total. The predicted octanol–water partition coefficient (Wildman–Crippen LogP) is 4.00. The van der Waals surface area contributed by atoms with E-state index in [1.54, 1.807) is 18.2 Å². The van der Waals surface area contributed by atoms with Gasteiger partial charge in [0.05, 0.1) is 0 Å². The maximum Gasteiger partial charge on any atom is 0.128 e. The van der Waals surface area contributed by atoms with Crippen LogP contribution in [0, 0.1) is 17.5 Å². The summed E-state index contributed by atoms with van der Waals surface area (Å²) >= 11 is 0. The normalized spacial score (nSPS) is 12.4. The lowest BCUT2D eigenvalue weighted by Gasteiger charge is -2.19. The van der Waals surface area contributed by atoms with Gasteiger partial charge in [-0.25, -0.2) is 13.2 Å². The Morgan fingerprint density at radius 3 is 2.45 bits per heavy atom. The van der Waals surface area contributed by atoms with Crippen molar-refractivity contribution in [3.63, 3.8) is 0 Å². The van der Waals surface area contributed by atoms with E-state index in [0.717, 1.165) is 18.2 Å². The first-order valence-corrected chi connectivity index (χ1v) is 6.53. The van der Waals surface area contributed by atoms with Crippen LogP contribution in [0.25, 0.3) is 0 Å². The molecule has 0 fully saturated rings. The average molecular weight is 279 g/mol. The number of hydrogen-bond donors (Lipinski definition) is 1. The molecule has 0 saturated heterocycles. The summed E-state index contributed by atoms with van der Waals surface area (Å²) in [6, 6.07) is 9.20. The molecule has 0 aliphatic carbocycles. The standard InChI is InChI=1S/C16H16F3N/c1-2-20-16(9-11-5-3-4-6-14(11)18)13-10-12(17)7-8-15(13)19/h3-8,10,16,20H,2,9H2,1H3. The number of halogens is 3. The molecule has 1 N–H and O–H groups in total. The molecule has 0 bridgehead atoms. The lowest BCUT2D eigenvalue weighted by atomic mass is 9.98. The number of rotatable bonds is 5. The minimum absolute atomic E-state index is 0.218. The van der Waals surface area contributed by atoms with Crippen LogP contribution in [0.15, 0.2) is 42.5 Å². The first kappa shape index (κ1) is 14.6. The Bertz CT molecular complexity index is 584. The second-order valence-electron chi connectivity index (χ2n) is 4.57. The van der Waals surface area contributed by atoms with Gasteiger partial charge in [-0.1, -0.05) is 25.1 Å². The van der Waals surface area contributed by atoms with E-state index >= 15 is 0 Å². The number of nitrogens with one attached hydrogen (secondary N) is 1. The molecule has 106 valence electrons. The summed E-state index contributed by atoms with van der Waals surface area (Å²) in [6.07, 6.45) is 0.265. The Balaban J connectivity index is 2.32. The van der Waals surface area contributed by atoms with Crippen molar-refractivity contribution < 1.29 is 13.2 Å². The molecule has 2 aromatic carbocycles. The molecule has 2 rings (SSSR count). The van der Waals surface area contributed by atoms with E-state index in [0.29, 0.717) is 12.1 Å². The van der Waals surface area contributed by atoms with E-state index in [2.05, 4.69) is 5.32 Å². The van der Waals surface area contributed by atoms with E-state index in [-0.39, 0.29) is 17.8 Å². The van der Waals surface area contributed by atoms with Crippen LogP contribution in [0.4, 0.5) is 13.2 Å². The summed E-state index contributed by atoms with van der Waals surface area (Å²) in [5.41, 5.74) is 0.692. The monoisotopic (exact) mass is 279 g/mol. The zero-order valence-electron chi connectivity index (χ0n) is 11.2. The van der Waals surface area contributed by atoms with Gasteiger partial charge in [0, 0.05) is 11.6 Å². The molecule has 0 spiro atoms. The highest BCUT2D eigenvalue weighted by molar-refractivity contribution is 5.26. The fourth-order valence-corrected chi connectivity index (χ4v) is 2.20. The first-order chi connectivity index (χ1) is 9.61. The van der Waals surface area contributed by atoms with Crippen LogP contribution >= 0.6 is 0 Å². The van der Waals surface area contributed by atoms with Crippen molar-refractivity contribution in [1.82, 2.24) is 5.32 Å². The molecule has 0 aliphatic rings. The summed E-state index contributed by atoms with van der Waals surface area (Å²) in [5.74, 6) is -1.33. The smallest absolute Gasteiger partial charge is 0.128 e. The molecule has 4 heteroatoms. The van der Waals surface area contributed by atoms with Crippen LogP contribution in [0.2, 0.25) is 0 Å². The topological polar surface area (TPSA) is 12.0 Å². The van der Waals surface area contributed by atoms with Crippen molar-refractivity contribution in [3.8, 4) is 0 Å². The van der Waals surface area contributed by atoms with Crippen LogP contribution in [0.5, 0.6) is 0 Å². The summed E-state index contributed by atoms with van der Waals surface area (Å²) in [4.78, 5) is 0. The van der Waals surface area contributed by atoms with Gasteiger partial charge in [0.25, 0.3) is 0 Å². The van der Waals surface area contributed by atoms with Gasteiger partial charge < -0.3 is 5.32 Å². The van der Waals surface area contributed by atoms with E-state index in [1.807, 2.05) is 6.92 Å². The van der Waals surface area contributed by atoms with E-state index in [1.165, 1.54) is 6.07 Å². The number of likely N-dealkylation sites (N-methyl/N-ethyl adjacent to an activating group) is 1. The van der Waals surface area contributed by atoms with Gasteiger partial charge in [-0.3, -0.25) is 0 Å². The molecule has 1 atom stereocenters. The zero-order valence-corrected chi connectivity index (χ0v) is 11.2. The van der Waals surface area contributed by atoms with Gasteiger partial charge in [-0.2, -0.15) is 0 Å². The summed E-state index contributed by atoms with van der Waals surface area (Å²) in [7, 11) is 0. The molecule has 0 heterocycles. The first-order valence-electron chi connectivity index (χ1n) is 6.53. The molecular weight excluding hydrogens is 263 g/mol. The van der Waals surface area contributed by atoms with Gasteiger partial charge >= 0.3 is 0 Å². The quantitative estimate of drug-likeness (QED) is 0.872. The maximum atomic E-state index is 13.8. The van der Waals surface area contributed by atoms with Gasteiger partial charge in [-0.05, 0) is 42.8 Å². The third kappa shape index (κ3) is 3.39. The molecule has 2 aromatic rings. The highest BCUT2D eigenvalue weighted by Gasteiger charge is 2.17. The maximum absolute atomic E-state index is 13.8. The van der Waals surface area contributed by atoms with Crippen molar-refractivity contribution in [1.29, 1.82) is 0 Å². The SMILES string of the molecule is CCNC(Cc1ccccc1F)c1cc(F)ccc1F. The number of hydrogen-bond acceptors (Lipinski definition) is 1. The summed E-state index contributed by atoms with van der Waals surface area (Å²) in [6.45, 7) is 2.45. The van der Waals surface area contributed by atoms with Gasteiger partial charge in [0.2, 0.25) is 0 Å². The van der Waals surface area contributed by atoms with Crippen molar-refractivity contribution in [3.05, 3.63) is 71.0 Å². The van der Waals surface area contributed by atoms with Gasteiger partial charge in [0.15, 0.2) is 0 Å². The van der Waals surface area contributed by atoms with Crippen LogP contribution < -0.4 is 5.32 Å². The molecule has 0 amide bonds. The highest BCUT2D eigenvalue weighted by atomic mass is 19.1. The van der Waals surface area contributed by atoms with Crippen LogP contribution in [-0.4, -0.2) is 6.54 Å². The van der Waals surface area contributed by atoms with Crippen molar-refractivity contribution in [2.75, 3.05) is 6.54 Å². The molecular formula is C16H16F3N. The summed E-state index contributed by atoms with van der Waals surface area (Å²) in [5, 5.41) is 3.07. The van der Waals surface area contributed by atoms with Crippen LogP contribution in [0.1, 0.15) is 24.1 Å². The van der Waals surface area contributed by atoms with E-state index in [4.69, 9.17) is 0 Å². The fourth-order valence-electron chi connectivity index (χ4n) is 2.20.